The summed E-state index contributed by atoms with van der Waals surface area (Å²) >= 11 is 0. The van der Waals surface area contributed by atoms with Crippen LogP contribution in [0.25, 0.3) is 10.9 Å². The molecule has 2 heterocycles. The number of anilines is 1. The van der Waals surface area contributed by atoms with Gasteiger partial charge in [0.05, 0.1) is 11.4 Å². The van der Waals surface area contributed by atoms with Crippen molar-refractivity contribution in [3.8, 4) is 0 Å². The normalized spacial score (nSPS) is 15.8. The standard InChI is InChI=1S/C25H19FN4O2/c1-30-21-9-5-3-7-18(21)22(17-6-2-4-8-19(17)26)28-23(25(30)32)29-24(31)16-11-10-15-12-13-27-20(15)14-16/h2-14,23,27H,1H3,(H,29,31). The molecule has 1 unspecified atom stereocenters. The van der Waals surface area contributed by atoms with Crippen molar-refractivity contribution in [3.05, 3.63) is 102 Å². The average molecular weight is 426 g/mol. The number of halogens is 1. The molecule has 1 aliphatic rings. The number of likely N-dealkylation sites (N-methyl/N-ethyl adjacent to an activating group) is 1. The van der Waals surface area contributed by atoms with Crippen molar-refractivity contribution in [1.29, 1.82) is 0 Å². The molecule has 2 amide bonds. The largest absolute Gasteiger partial charge is 0.361 e. The van der Waals surface area contributed by atoms with Crippen LogP contribution in [-0.4, -0.2) is 35.7 Å². The molecule has 0 saturated heterocycles. The minimum Gasteiger partial charge on any atom is -0.361 e. The minimum absolute atomic E-state index is 0.259. The minimum atomic E-state index is -1.21. The number of rotatable bonds is 3. The van der Waals surface area contributed by atoms with Gasteiger partial charge in [-0.1, -0.05) is 36.4 Å². The molecule has 5 rings (SSSR count). The van der Waals surface area contributed by atoms with E-state index >= 15 is 0 Å². The first-order valence-corrected chi connectivity index (χ1v) is 10.1. The molecule has 1 aliphatic heterocycles. The number of H-pyrrole nitrogens is 1. The van der Waals surface area contributed by atoms with Crippen LogP contribution < -0.4 is 10.2 Å². The van der Waals surface area contributed by atoms with E-state index in [1.807, 2.05) is 12.1 Å². The summed E-state index contributed by atoms with van der Waals surface area (Å²) in [5.74, 6) is -1.32. The smallest absolute Gasteiger partial charge is 0.272 e. The van der Waals surface area contributed by atoms with Gasteiger partial charge in [-0.05, 0) is 41.8 Å². The number of nitrogens with zero attached hydrogens (tertiary/aromatic N) is 2. The third-order valence-electron chi connectivity index (χ3n) is 5.56. The Morgan fingerprint density at radius 1 is 1.03 bits per heavy atom. The van der Waals surface area contributed by atoms with Gasteiger partial charge in [-0.15, -0.1) is 0 Å². The molecule has 3 aromatic carbocycles. The van der Waals surface area contributed by atoms with E-state index in [4.69, 9.17) is 0 Å². The number of aliphatic imine (C=N–C) groups is 1. The van der Waals surface area contributed by atoms with Gasteiger partial charge in [-0.3, -0.25) is 9.59 Å². The molecule has 0 saturated carbocycles. The van der Waals surface area contributed by atoms with Gasteiger partial charge in [0, 0.05) is 35.5 Å². The summed E-state index contributed by atoms with van der Waals surface area (Å²) in [5, 5.41) is 3.69. The number of nitrogens with one attached hydrogen (secondary N) is 2. The van der Waals surface area contributed by atoms with E-state index in [2.05, 4.69) is 15.3 Å². The Bertz CT molecular complexity index is 1390. The van der Waals surface area contributed by atoms with Gasteiger partial charge >= 0.3 is 0 Å². The number of hydrogen-bond donors (Lipinski definition) is 2. The van der Waals surface area contributed by atoms with Crippen molar-refractivity contribution >= 4 is 34.1 Å². The predicted octanol–water partition coefficient (Wildman–Crippen LogP) is 3.88. The number of hydrogen-bond acceptors (Lipinski definition) is 3. The summed E-state index contributed by atoms with van der Waals surface area (Å²) in [5.41, 5.74) is 2.96. The quantitative estimate of drug-likeness (QED) is 0.522. The maximum atomic E-state index is 14.7. The second-order valence-electron chi connectivity index (χ2n) is 7.53. The number of carbonyl (C=O) groups excluding carboxylic acids is 2. The van der Waals surface area contributed by atoms with Crippen molar-refractivity contribution in [3.63, 3.8) is 0 Å². The Labute approximate surface area is 183 Å². The summed E-state index contributed by atoms with van der Waals surface area (Å²) in [7, 11) is 1.62. The number of benzene rings is 3. The molecule has 2 N–H and O–H groups in total. The molecule has 1 atom stereocenters. The van der Waals surface area contributed by atoms with Crippen LogP contribution in [0.3, 0.4) is 0 Å². The Hall–Kier alpha value is -4.26. The summed E-state index contributed by atoms with van der Waals surface area (Å²) in [6.45, 7) is 0. The van der Waals surface area contributed by atoms with Gasteiger partial charge in [0.15, 0.2) is 0 Å². The number of para-hydroxylation sites is 1. The van der Waals surface area contributed by atoms with E-state index in [1.54, 1.807) is 67.8 Å². The first-order chi connectivity index (χ1) is 15.5. The molecule has 158 valence electrons. The van der Waals surface area contributed by atoms with Crippen LogP contribution in [0.4, 0.5) is 10.1 Å². The molecule has 0 fully saturated rings. The van der Waals surface area contributed by atoms with Gasteiger partial charge in [-0.25, -0.2) is 9.38 Å². The monoisotopic (exact) mass is 426 g/mol. The fourth-order valence-corrected chi connectivity index (χ4v) is 3.88. The van der Waals surface area contributed by atoms with Crippen LogP contribution >= 0.6 is 0 Å². The number of amides is 2. The number of carbonyl (C=O) groups is 2. The van der Waals surface area contributed by atoms with Crippen molar-refractivity contribution in [1.82, 2.24) is 10.3 Å². The SMILES string of the molecule is CN1C(=O)C(NC(=O)c2ccc3cc[nH]c3c2)N=C(c2ccccc2F)c2ccccc21. The zero-order chi connectivity index (χ0) is 22.2. The zero-order valence-corrected chi connectivity index (χ0v) is 17.2. The van der Waals surface area contributed by atoms with Crippen molar-refractivity contribution in [2.24, 2.45) is 4.99 Å². The first kappa shape index (κ1) is 19.7. The molecule has 7 heteroatoms. The van der Waals surface area contributed by atoms with Crippen LogP contribution in [0.1, 0.15) is 21.5 Å². The molecule has 0 spiro atoms. The van der Waals surface area contributed by atoms with Crippen LogP contribution in [0.15, 0.2) is 84.0 Å². The Kier molecular flexibility index (Phi) is 4.78. The van der Waals surface area contributed by atoms with E-state index in [0.717, 1.165) is 10.9 Å². The van der Waals surface area contributed by atoms with E-state index in [0.29, 0.717) is 22.5 Å². The van der Waals surface area contributed by atoms with Gasteiger partial charge in [-0.2, -0.15) is 0 Å². The number of aromatic nitrogens is 1. The third-order valence-corrected chi connectivity index (χ3v) is 5.56. The predicted molar refractivity (Wildman–Crippen MR) is 121 cm³/mol. The number of benzodiazepines with no additional fused rings is 1. The van der Waals surface area contributed by atoms with Crippen molar-refractivity contribution in [2.45, 2.75) is 6.17 Å². The molecular weight excluding hydrogens is 407 g/mol. The Balaban J connectivity index is 1.58. The lowest BCUT2D eigenvalue weighted by Gasteiger charge is -2.20. The molecule has 6 nitrogen and oxygen atoms in total. The number of fused-ring (bicyclic) bond motifs is 2. The molecule has 4 aromatic rings. The molecule has 0 aliphatic carbocycles. The highest BCUT2D eigenvalue weighted by Gasteiger charge is 2.31. The molecule has 32 heavy (non-hydrogen) atoms. The van der Waals surface area contributed by atoms with E-state index in [1.165, 1.54) is 11.0 Å². The second kappa shape index (κ2) is 7.77. The topological polar surface area (TPSA) is 77.6 Å². The lowest BCUT2D eigenvalue weighted by Crippen LogP contribution is -2.46. The summed E-state index contributed by atoms with van der Waals surface area (Å²) in [6, 6.07) is 20.5. The van der Waals surface area contributed by atoms with Gasteiger partial charge < -0.3 is 15.2 Å². The third kappa shape index (κ3) is 3.33. The van der Waals surface area contributed by atoms with Crippen LogP contribution in [0, 0.1) is 5.82 Å². The fraction of sp³-hybridized carbons (Fsp3) is 0.0800. The lowest BCUT2D eigenvalue weighted by atomic mass is 10.00. The molecular formula is C25H19FN4O2. The molecule has 0 radical (unpaired) electrons. The number of aromatic amines is 1. The summed E-state index contributed by atoms with van der Waals surface area (Å²) in [4.78, 5) is 35.2. The van der Waals surface area contributed by atoms with Crippen LogP contribution in [0.2, 0.25) is 0 Å². The summed E-state index contributed by atoms with van der Waals surface area (Å²) < 4.78 is 14.7. The highest BCUT2D eigenvalue weighted by Crippen LogP contribution is 2.28. The maximum absolute atomic E-state index is 14.7. The van der Waals surface area contributed by atoms with E-state index in [9.17, 15) is 14.0 Å². The van der Waals surface area contributed by atoms with E-state index in [-0.39, 0.29) is 5.56 Å². The fourth-order valence-electron chi connectivity index (χ4n) is 3.88. The van der Waals surface area contributed by atoms with Crippen LogP contribution in [0.5, 0.6) is 0 Å². The lowest BCUT2D eigenvalue weighted by molar-refractivity contribution is -0.119. The van der Waals surface area contributed by atoms with E-state index < -0.39 is 23.8 Å². The highest BCUT2D eigenvalue weighted by atomic mass is 19.1. The van der Waals surface area contributed by atoms with Gasteiger partial charge in [0.1, 0.15) is 5.82 Å². The maximum Gasteiger partial charge on any atom is 0.272 e. The van der Waals surface area contributed by atoms with Crippen molar-refractivity contribution in [2.75, 3.05) is 11.9 Å². The Morgan fingerprint density at radius 3 is 2.59 bits per heavy atom. The summed E-state index contributed by atoms with van der Waals surface area (Å²) in [6.07, 6.45) is 0.576. The van der Waals surface area contributed by atoms with Crippen molar-refractivity contribution < 1.29 is 14.0 Å². The molecule has 0 bridgehead atoms. The van der Waals surface area contributed by atoms with Crippen LogP contribution in [-0.2, 0) is 4.79 Å². The molecule has 1 aromatic heterocycles. The zero-order valence-electron chi connectivity index (χ0n) is 17.2. The van der Waals surface area contributed by atoms with Gasteiger partial charge in [0.2, 0.25) is 6.17 Å². The average Bonchev–Trinajstić information content (AvgIpc) is 3.26. The highest BCUT2D eigenvalue weighted by molar-refractivity contribution is 6.20. The van der Waals surface area contributed by atoms with Gasteiger partial charge in [0.25, 0.3) is 11.8 Å². The Morgan fingerprint density at radius 2 is 1.78 bits per heavy atom. The second-order valence-corrected chi connectivity index (χ2v) is 7.53. The first-order valence-electron chi connectivity index (χ1n) is 10.1.